The molecule has 2 aliphatic rings. The van der Waals surface area contributed by atoms with Gasteiger partial charge in [0.15, 0.2) is 0 Å². The first kappa shape index (κ1) is 14.5. The van der Waals surface area contributed by atoms with Gasteiger partial charge >= 0.3 is 0 Å². The minimum absolute atomic E-state index is 0.0521. The Morgan fingerprint density at radius 2 is 2.04 bits per heavy atom. The van der Waals surface area contributed by atoms with Gasteiger partial charge in [-0.15, -0.1) is 0 Å². The van der Waals surface area contributed by atoms with Crippen molar-refractivity contribution in [3.63, 3.8) is 0 Å². The molecule has 1 amide bonds. The predicted octanol–water partition coefficient (Wildman–Crippen LogP) is 3.17. The summed E-state index contributed by atoms with van der Waals surface area (Å²) in [6, 6.07) is 10.7. The Labute approximate surface area is 137 Å². The summed E-state index contributed by atoms with van der Waals surface area (Å²) in [4.78, 5) is 15.2. The molecule has 4 heteroatoms. The van der Waals surface area contributed by atoms with Gasteiger partial charge in [-0.25, -0.2) is 0 Å². The summed E-state index contributed by atoms with van der Waals surface area (Å²) >= 11 is 0. The van der Waals surface area contributed by atoms with E-state index in [1.807, 2.05) is 23.1 Å². The number of aromatic nitrogens is 2. The van der Waals surface area contributed by atoms with Crippen LogP contribution in [0.5, 0.6) is 0 Å². The molecule has 1 aliphatic carbocycles. The van der Waals surface area contributed by atoms with Crippen LogP contribution in [0, 0.1) is 0 Å². The molecule has 0 saturated carbocycles. The van der Waals surface area contributed by atoms with E-state index in [9.17, 15) is 4.79 Å². The van der Waals surface area contributed by atoms with Crippen LogP contribution in [0.4, 0.5) is 0 Å². The number of hydrogen-bond acceptors (Lipinski definition) is 2. The Morgan fingerprint density at radius 1 is 1.13 bits per heavy atom. The number of nitrogens with zero attached hydrogens (tertiary/aromatic N) is 3. The van der Waals surface area contributed by atoms with Crippen LogP contribution in [-0.4, -0.2) is 33.7 Å². The molecule has 0 spiro atoms. The largest absolute Gasteiger partial charge is 0.340 e. The van der Waals surface area contributed by atoms with Gasteiger partial charge in [-0.05, 0) is 49.3 Å². The number of amides is 1. The first-order chi connectivity index (χ1) is 11.3. The van der Waals surface area contributed by atoms with Crippen molar-refractivity contribution in [1.82, 2.24) is 14.7 Å². The molecule has 0 N–H and O–H groups in total. The summed E-state index contributed by atoms with van der Waals surface area (Å²) in [5.41, 5.74) is 2.61. The first-order valence-corrected chi connectivity index (χ1v) is 8.68. The van der Waals surface area contributed by atoms with E-state index in [1.54, 1.807) is 0 Å². The number of rotatable bonds is 2. The smallest absolute Gasteiger partial charge is 0.230 e. The van der Waals surface area contributed by atoms with Crippen molar-refractivity contribution in [2.75, 3.05) is 13.1 Å². The number of carbonyl (C=O) groups is 1. The fourth-order valence-electron chi connectivity index (χ4n) is 4.10. The molecular weight excluding hydrogens is 286 g/mol. The van der Waals surface area contributed by atoms with Crippen molar-refractivity contribution in [1.29, 1.82) is 0 Å². The zero-order valence-corrected chi connectivity index (χ0v) is 13.4. The normalized spacial score (nSPS) is 24.3. The summed E-state index contributed by atoms with van der Waals surface area (Å²) < 4.78 is 2.01. The maximum Gasteiger partial charge on any atom is 0.230 e. The minimum atomic E-state index is 0.0521. The van der Waals surface area contributed by atoms with Crippen LogP contribution >= 0.6 is 0 Å². The molecule has 1 aliphatic heterocycles. The second-order valence-electron chi connectivity index (χ2n) is 6.71. The van der Waals surface area contributed by atoms with E-state index >= 15 is 0 Å². The van der Waals surface area contributed by atoms with Crippen LogP contribution in [0.15, 0.2) is 42.7 Å². The van der Waals surface area contributed by atoms with Crippen molar-refractivity contribution in [3.05, 3.63) is 53.9 Å². The third-order valence-corrected chi connectivity index (χ3v) is 5.27. The van der Waals surface area contributed by atoms with Gasteiger partial charge in [-0.3, -0.25) is 9.48 Å². The van der Waals surface area contributed by atoms with E-state index in [2.05, 4.69) is 34.3 Å². The number of benzene rings is 1. The van der Waals surface area contributed by atoms with Crippen molar-refractivity contribution < 1.29 is 4.79 Å². The molecule has 2 aromatic rings. The van der Waals surface area contributed by atoms with Crippen molar-refractivity contribution >= 4 is 5.91 Å². The highest BCUT2D eigenvalue weighted by molar-refractivity contribution is 5.84. The molecule has 23 heavy (non-hydrogen) atoms. The van der Waals surface area contributed by atoms with E-state index in [0.29, 0.717) is 11.9 Å². The number of fused-ring (bicyclic) bond motifs is 1. The first-order valence-electron chi connectivity index (χ1n) is 8.68. The predicted molar refractivity (Wildman–Crippen MR) is 89.2 cm³/mol. The Balaban J connectivity index is 1.53. The summed E-state index contributed by atoms with van der Waals surface area (Å²) in [6.07, 6.45) is 9.20. The quantitative estimate of drug-likeness (QED) is 0.854. The zero-order valence-electron chi connectivity index (χ0n) is 13.4. The number of aryl methyl sites for hydroxylation is 1. The summed E-state index contributed by atoms with van der Waals surface area (Å²) in [5.74, 6) is 0.366. The average Bonchev–Trinajstić information content (AvgIpc) is 3.15. The molecule has 1 aromatic carbocycles. The van der Waals surface area contributed by atoms with Gasteiger partial charge in [0, 0.05) is 25.5 Å². The summed E-state index contributed by atoms with van der Waals surface area (Å²) in [6.45, 7) is 1.68. The molecule has 4 nitrogen and oxygen atoms in total. The van der Waals surface area contributed by atoms with Gasteiger partial charge in [0.2, 0.25) is 5.91 Å². The lowest BCUT2D eigenvalue weighted by Gasteiger charge is -2.36. The summed E-state index contributed by atoms with van der Waals surface area (Å²) in [5, 5.41) is 4.36. The van der Waals surface area contributed by atoms with Crippen molar-refractivity contribution in [2.24, 2.45) is 0 Å². The molecule has 4 rings (SSSR count). The van der Waals surface area contributed by atoms with Crippen LogP contribution in [-0.2, 0) is 11.2 Å². The molecule has 120 valence electrons. The fraction of sp³-hybridized carbons (Fsp3) is 0.474. The fourth-order valence-corrected chi connectivity index (χ4v) is 4.10. The molecular formula is C19H23N3O. The molecule has 2 heterocycles. The third kappa shape index (κ3) is 2.78. The lowest BCUT2D eigenvalue weighted by atomic mass is 9.82. The Kier molecular flexibility index (Phi) is 3.90. The second kappa shape index (κ2) is 6.19. The highest BCUT2D eigenvalue weighted by atomic mass is 16.2. The molecule has 1 fully saturated rings. The topological polar surface area (TPSA) is 38.1 Å². The van der Waals surface area contributed by atoms with E-state index < -0.39 is 0 Å². The van der Waals surface area contributed by atoms with Crippen molar-refractivity contribution in [3.8, 4) is 0 Å². The van der Waals surface area contributed by atoms with E-state index in [-0.39, 0.29) is 5.92 Å². The average molecular weight is 309 g/mol. The number of likely N-dealkylation sites (tertiary alicyclic amines) is 1. The Bertz CT molecular complexity index is 680. The highest BCUT2D eigenvalue weighted by Crippen LogP contribution is 2.34. The van der Waals surface area contributed by atoms with Gasteiger partial charge in [0.25, 0.3) is 0 Å². The SMILES string of the molecule is O=C([C@H]1CCCc2ccccc21)N1CCC[C@H](n2cccn2)C1. The van der Waals surface area contributed by atoms with Crippen LogP contribution < -0.4 is 0 Å². The molecule has 1 aromatic heterocycles. The van der Waals surface area contributed by atoms with E-state index in [0.717, 1.165) is 45.2 Å². The molecule has 0 radical (unpaired) electrons. The Hall–Kier alpha value is -2.10. The van der Waals surface area contributed by atoms with Gasteiger partial charge < -0.3 is 4.90 Å². The summed E-state index contributed by atoms with van der Waals surface area (Å²) in [7, 11) is 0. The lowest BCUT2D eigenvalue weighted by Crippen LogP contribution is -2.43. The molecule has 0 unspecified atom stereocenters. The van der Waals surface area contributed by atoms with E-state index in [4.69, 9.17) is 0 Å². The Morgan fingerprint density at radius 3 is 2.91 bits per heavy atom. The van der Waals surface area contributed by atoms with Gasteiger partial charge in [-0.2, -0.15) is 5.10 Å². The standard InChI is InChI=1S/C19H23N3O/c23-19(18-10-3-7-15-6-1-2-9-17(15)18)21-12-4-8-16(14-21)22-13-5-11-20-22/h1-2,5-6,9,11,13,16,18H,3-4,7-8,10,12,14H2/t16-,18-/m0/s1. The maximum absolute atomic E-state index is 13.1. The van der Waals surface area contributed by atoms with E-state index in [1.165, 1.54) is 11.1 Å². The number of carbonyl (C=O) groups excluding carboxylic acids is 1. The van der Waals surface area contributed by atoms with Gasteiger partial charge in [-0.1, -0.05) is 24.3 Å². The number of piperidine rings is 1. The van der Waals surface area contributed by atoms with Crippen LogP contribution in [0.3, 0.4) is 0 Å². The number of hydrogen-bond donors (Lipinski definition) is 0. The molecule has 2 atom stereocenters. The molecule has 0 bridgehead atoms. The third-order valence-electron chi connectivity index (χ3n) is 5.27. The van der Waals surface area contributed by atoms with Crippen molar-refractivity contribution in [2.45, 2.75) is 44.1 Å². The highest BCUT2D eigenvalue weighted by Gasteiger charge is 2.32. The second-order valence-corrected chi connectivity index (χ2v) is 6.71. The maximum atomic E-state index is 13.1. The van der Waals surface area contributed by atoms with Crippen LogP contribution in [0.2, 0.25) is 0 Å². The van der Waals surface area contributed by atoms with Gasteiger partial charge in [0.05, 0.1) is 12.0 Å². The minimum Gasteiger partial charge on any atom is -0.340 e. The van der Waals surface area contributed by atoms with Crippen LogP contribution in [0.1, 0.15) is 48.8 Å². The lowest BCUT2D eigenvalue weighted by molar-refractivity contribution is -0.134. The van der Waals surface area contributed by atoms with Crippen LogP contribution in [0.25, 0.3) is 0 Å². The molecule has 1 saturated heterocycles. The van der Waals surface area contributed by atoms with Gasteiger partial charge in [0.1, 0.15) is 0 Å². The zero-order chi connectivity index (χ0) is 15.6. The monoisotopic (exact) mass is 309 g/mol.